The highest BCUT2D eigenvalue weighted by Crippen LogP contribution is 2.24. The van der Waals surface area contributed by atoms with Gasteiger partial charge in [0.2, 0.25) is 5.91 Å². The van der Waals surface area contributed by atoms with E-state index in [4.69, 9.17) is 8.92 Å². The molecule has 0 bridgehead atoms. The molecule has 0 unspecified atom stereocenters. The molecule has 142 valence electrons. The first-order chi connectivity index (χ1) is 11.7. The molecule has 0 saturated carbocycles. The topological polar surface area (TPSA) is 96.5 Å². The number of piperazine rings is 1. The Balaban J connectivity index is 2.06. The number of nitrogens with zero attached hydrogens (tertiary/aromatic N) is 3. The van der Waals surface area contributed by atoms with Crippen LogP contribution in [0.25, 0.3) is 0 Å². The molecule has 2 aliphatic rings. The molecule has 2 rings (SSSR count). The maximum Gasteiger partial charge on any atom is 0.410 e. The molecule has 25 heavy (non-hydrogen) atoms. The van der Waals surface area contributed by atoms with Gasteiger partial charge in [-0.1, -0.05) is 12.7 Å². The first kappa shape index (κ1) is 19.7. The fourth-order valence-corrected chi connectivity index (χ4v) is 3.71. The molecule has 2 amide bonds. The van der Waals surface area contributed by atoms with Gasteiger partial charge >= 0.3 is 6.09 Å². The first-order valence-electron chi connectivity index (χ1n) is 8.08. The highest BCUT2D eigenvalue weighted by Gasteiger charge is 2.40. The molecule has 2 saturated heterocycles. The minimum absolute atomic E-state index is 0.0133. The Bertz CT molecular complexity index is 623. The molecule has 2 heterocycles. The molecule has 0 aromatic carbocycles. The minimum Gasteiger partial charge on any atom is -0.445 e. The normalized spacial score (nSPS) is 25.3. The third-order valence-electron chi connectivity index (χ3n) is 4.19. The lowest BCUT2D eigenvalue weighted by Crippen LogP contribution is -2.53. The Hall–Kier alpha value is -1.65. The van der Waals surface area contributed by atoms with Gasteiger partial charge in [-0.2, -0.15) is 8.42 Å². The summed E-state index contributed by atoms with van der Waals surface area (Å²) in [7, 11) is -1.76. The maximum atomic E-state index is 12.2. The van der Waals surface area contributed by atoms with E-state index >= 15 is 0 Å². The molecule has 2 fully saturated rings. The predicted molar refractivity (Wildman–Crippen MR) is 90.4 cm³/mol. The number of amides is 2. The Labute approximate surface area is 148 Å². The van der Waals surface area contributed by atoms with Crippen molar-refractivity contribution in [3.8, 4) is 0 Å². The summed E-state index contributed by atoms with van der Waals surface area (Å²) in [5.74, 6) is -0.0133. The van der Waals surface area contributed by atoms with Gasteiger partial charge in [-0.15, -0.1) is 0 Å². The maximum absolute atomic E-state index is 12.2. The van der Waals surface area contributed by atoms with Crippen LogP contribution < -0.4 is 0 Å². The third kappa shape index (κ3) is 5.68. The lowest BCUT2D eigenvalue weighted by Gasteiger charge is -2.35. The lowest BCUT2D eigenvalue weighted by molar-refractivity contribution is -0.136. The van der Waals surface area contributed by atoms with E-state index in [9.17, 15) is 18.0 Å². The largest absolute Gasteiger partial charge is 0.445 e. The SMILES string of the molecule is C=CCOC(=O)N1C[C@H](OS(C)(=O)=O)C[C@H]1CN1CCN(C)CC1=O. The van der Waals surface area contributed by atoms with Crippen molar-refractivity contribution < 1.29 is 26.9 Å². The summed E-state index contributed by atoms with van der Waals surface area (Å²) in [5, 5.41) is 0. The molecular weight excluding hydrogens is 350 g/mol. The van der Waals surface area contributed by atoms with E-state index in [0.29, 0.717) is 26.1 Å². The van der Waals surface area contributed by atoms with Crippen LogP contribution in [0.2, 0.25) is 0 Å². The van der Waals surface area contributed by atoms with Crippen LogP contribution in [-0.4, -0.2) is 99.9 Å². The van der Waals surface area contributed by atoms with Gasteiger partial charge < -0.3 is 14.5 Å². The van der Waals surface area contributed by atoms with Crippen molar-refractivity contribution in [2.75, 3.05) is 52.6 Å². The molecule has 2 atom stereocenters. The van der Waals surface area contributed by atoms with E-state index in [0.717, 1.165) is 12.8 Å². The molecule has 0 radical (unpaired) electrons. The van der Waals surface area contributed by atoms with Gasteiger partial charge in [0.1, 0.15) is 6.61 Å². The smallest absolute Gasteiger partial charge is 0.410 e. The van der Waals surface area contributed by atoms with E-state index < -0.39 is 22.3 Å². The number of hydrogen-bond donors (Lipinski definition) is 0. The van der Waals surface area contributed by atoms with Crippen molar-refractivity contribution in [1.29, 1.82) is 0 Å². The molecule has 0 spiro atoms. The number of ether oxygens (including phenoxy) is 1. The number of rotatable bonds is 6. The van der Waals surface area contributed by atoms with Crippen LogP contribution in [0.15, 0.2) is 12.7 Å². The number of likely N-dealkylation sites (N-methyl/N-ethyl adjacent to an activating group) is 1. The summed E-state index contributed by atoms with van der Waals surface area (Å²) < 4.78 is 32.9. The monoisotopic (exact) mass is 375 g/mol. The second kappa shape index (κ2) is 8.15. The minimum atomic E-state index is -3.63. The zero-order valence-corrected chi connectivity index (χ0v) is 15.4. The number of likely N-dealkylation sites (tertiary alicyclic amines) is 1. The van der Waals surface area contributed by atoms with Gasteiger partial charge in [-0.3, -0.25) is 13.9 Å². The standard InChI is InChI=1S/C15H25N3O6S/c1-4-7-23-15(20)18-10-13(24-25(3,21)22)8-12(18)9-17-6-5-16(2)11-14(17)19/h4,12-13H,1,5-11H2,2-3H3/t12-,13+/m0/s1. The van der Waals surface area contributed by atoms with Gasteiger partial charge in [0.05, 0.1) is 31.5 Å². The van der Waals surface area contributed by atoms with Crippen molar-refractivity contribution >= 4 is 22.1 Å². The molecule has 10 heteroatoms. The van der Waals surface area contributed by atoms with E-state index in [1.165, 1.54) is 11.0 Å². The lowest BCUT2D eigenvalue weighted by atomic mass is 10.1. The van der Waals surface area contributed by atoms with Crippen LogP contribution in [0.5, 0.6) is 0 Å². The second-order valence-corrected chi connectivity index (χ2v) is 8.01. The first-order valence-corrected chi connectivity index (χ1v) is 9.90. The highest BCUT2D eigenvalue weighted by molar-refractivity contribution is 7.86. The van der Waals surface area contributed by atoms with Crippen molar-refractivity contribution in [3.63, 3.8) is 0 Å². The van der Waals surface area contributed by atoms with E-state index in [1.54, 1.807) is 4.90 Å². The highest BCUT2D eigenvalue weighted by atomic mass is 32.2. The number of hydrogen-bond acceptors (Lipinski definition) is 7. The molecule has 0 aliphatic carbocycles. The molecular formula is C15H25N3O6S. The van der Waals surface area contributed by atoms with Crippen molar-refractivity contribution in [1.82, 2.24) is 14.7 Å². The average molecular weight is 375 g/mol. The van der Waals surface area contributed by atoms with Crippen molar-refractivity contribution in [3.05, 3.63) is 12.7 Å². The molecule has 0 aromatic heterocycles. The summed E-state index contributed by atoms with van der Waals surface area (Å²) in [6, 6.07) is -0.351. The summed E-state index contributed by atoms with van der Waals surface area (Å²) in [6.45, 7) is 5.65. The van der Waals surface area contributed by atoms with Crippen LogP contribution in [0, 0.1) is 0 Å². The summed E-state index contributed by atoms with van der Waals surface area (Å²) in [4.78, 5) is 29.5. The average Bonchev–Trinajstić information content (AvgIpc) is 2.88. The number of carbonyl (C=O) groups excluding carboxylic acids is 2. The fourth-order valence-electron chi connectivity index (χ4n) is 3.07. The Morgan fingerprint density at radius 3 is 2.72 bits per heavy atom. The van der Waals surface area contributed by atoms with Crippen LogP contribution >= 0.6 is 0 Å². The summed E-state index contributed by atoms with van der Waals surface area (Å²) >= 11 is 0. The van der Waals surface area contributed by atoms with Gasteiger partial charge in [-0.05, 0) is 13.5 Å². The fraction of sp³-hybridized carbons (Fsp3) is 0.733. The predicted octanol–water partition coefficient (Wildman–Crippen LogP) is -0.498. The van der Waals surface area contributed by atoms with Crippen LogP contribution in [0.3, 0.4) is 0 Å². The van der Waals surface area contributed by atoms with Gasteiger partial charge in [0, 0.05) is 19.6 Å². The second-order valence-electron chi connectivity index (χ2n) is 6.41. The molecule has 0 aromatic rings. The zero-order valence-electron chi connectivity index (χ0n) is 14.6. The summed E-state index contributed by atoms with van der Waals surface area (Å²) in [6.07, 6.45) is 1.56. The molecule has 0 N–H and O–H groups in total. The Kier molecular flexibility index (Phi) is 6.42. The third-order valence-corrected chi connectivity index (χ3v) is 4.81. The van der Waals surface area contributed by atoms with E-state index in [-0.39, 0.29) is 25.1 Å². The van der Waals surface area contributed by atoms with E-state index in [1.807, 2.05) is 11.9 Å². The molecule has 2 aliphatic heterocycles. The Morgan fingerprint density at radius 1 is 1.40 bits per heavy atom. The van der Waals surface area contributed by atoms with Gasteiger partial charge in [-0.25, -0.2) is 4.79 Å². The summed E-state index contributed by atoms with van der Waals surface area (Å²) in [5.41, 5.74) is 0. The van der Waals surface area contributed by atoms with Crippen molar-refractivity contribution in [2.45, 2.75) is 18.6 Å². The van der Waals surface area contributed by atoms with Crippen LogP contribution in [0.1, 0.15) is 6.42 Å². The quantitative estimate of drug-likeness (QED) is 0.456. The van der Waals surface area contributed by atoms with E-state index in [2.05, 4.69) is 6.58 Å². The van der Waals surface area contributed by atoms with Gasteiger partial charge in [0.15, 0.2) is 0 Å². The van der Waals surface area contributed by atoms with Crippen LogP contribution in [-0.2, 0) is 23.8 Å². The van der Waals surface area contributed by atoms with Gasteiger partial charge in [0.25, 0.3) is 10.1 Å². The Morgan fingerprint density at radius 2 is 2.12 bits per heavy atom. The number of carbonyl (C=O) groups is 2. The molecule has 9 nitrogen and oxygen atoms in total. The zero-order chi connectivity index (χ0) is 18.6. The van der Waals surface area contributed by atoms with Crippen LogP contribution in [0.4, 0.5) is 4.79 Å². The van der Waals surface area contributed by atoms with Crippen molar-refractivity contribution in [2.24, 2.45) is 0 Å².